The van der Waals surface area contributed by atoms with E-state index in [9.17, 15) is 4.79 Å². The Hall–Kier alpha value is -1.22. The summed E-state index contributed by atoms with van der Waals surface area (Å²) >= 11 is 6.26. The predicted octanol–water partition coefficient (Wildman–Crippen LogP) is 4.83. The molecule has 3 heterocycles. The summed E-state index contributed by atoms with van der Waals surface area (Å²) in [6.45, 7) is 1.93. The summed E-state index contributed by atoms with van der Waals surface area (Å²) < 4.78 is 32.3. The first-order valence-corrected chi connectivity index (χ1v) is 12.8. The van der Waals surface area contributed by atoms with Crippen molar-refractivity contribution in [2.45, 2.75) is 113 Å². The minimum absolute atomic E-state index is 0.284. The second-order valence-electron chi connectivity index (χ2n) is 10.2. The second kappa shape index (κ2) is 8.47. The fourth-order valence-corrected chi connectivity index (χ4v) is 6.23. The molecule has 33 heavy (non-hydrogen) atoms. The van der Waals surface area contributed by atoms with Crippen LogP contribution in [0, 0.1) is 6.92 Å². The SMILES string of the molecule is Cc1ccc(NC(=O)[C@@H]2O[C@@H]3OC4(CCCCC4)O[C@@H]3[C@H]3OC4(CCCCC4)O[C@H]32)cc1Cl. The van der Waals surface area contributed by atoms with Gasteiger partial charge in [0.05, 0.1) is 0 Å². The Morgan fingerprint density at radius 1 is 0.879 bits per heavy atom. The molecule has 1 amide bonds. The van der Waals surface area contributed by atoms with Crippen LogP contribution in [-0.2, 0) is 28.5 Å². The van der Waals surface area contributed by atoms with E-state index < -0.39 is 42.3 Å². The molecule has 180 valence electrons. The number of carbonyl (C=O) groups is 1. The second-order valence-corrected chi connectivity index (χ2v) is 10.6. The van der Waals surface area contributed by atoms with Gasteiger partial charge in [0.25, 0.3) is 5.91 Å². The number of aryl methyl sites for hydroxylation is 1. The smallest absolute Gasteiger partial charge is 0.256 e. The third-order valence-corrected chi connectivity index (χ3v) is 8.21. The van der Waals surface area contributed by atoms with E-state index in [4.69, 9.17) is 35.3 Å². The number of rotatable bonds is 2. The first-order valence-electron chi connectivity index (χ1n) is 12.4. The molecule has 0 radical (unpaired) electrons. The molecule has 6 rings (SSSR count). The average Bonchev–Trinajstić information content (AvgIpc) is 3.34. The van der Waals surface area contributed by atoms with Gasteiger partial charge in [0, 0.05) is 36.4 Å². The number of amides is 1. The molecule has 0 unspecified atom stereocenters. The molecule has 0 bridgehead atoms. The molecule has 7 nitrogen and oxygen atoms in total. The molecule has 8 heteroatoms. The number of hydrogen-bond donors (Lipinski definition) is 1. The lowest BCUT2D eigenvalue weighted by molar-refractivity contribution is -0.246. The van der Waals surface area contributed by atoms with E-state index in [2.05, 4.69) is 5.32 Å². The van der Waals surface area contributed by atoms with Crippen LogP contribution >= 0.6 is 11.6 Å². The fraction of sp³-hybridized carbons (Fsp3) is 0.720. The molecule has 5 atom stereocenters. The number of anilines is 1. The van der Waals surface area contributed by atoms with Crippen LogP contribution < -0.4 is 5.32 Å². The normalized spacial score (nSPS) is 36.5. The van der Waals surface area contributed by atoms with Crippen molar-refractivity contribution in [3.8, 4) is 0 Å². The average molecular weight is 478 g/mol. The quantitative estimate of drug-likeness (QED) is 0.657. The summed E-state index contributed by atoms with van der Waals surface area (Å²) in [5.41, 5.74) is 1.57. The Morgan fingerprint density at radius 3 is 2.15 bits per heavy atom. The van der Waals surface area contributed by atoms with E-state index in [-0.39, 0.29) is 5.91 Å². The van der Waals surface area contributed by atoms with Crippen LogP contribution in [0.5, 0.6) is 0 Å². The summed E-state index contributed by atoms with van der Waals surface area (Å²) in [6, 6.07) is 5.47. The molecule has 2 aliphatic carbocycles. The largest absolute Gasteiger partial charge is 0.341 e. The minimum atomic E-state index is -0.861. The van der Waals surface area contributed by atoms with Gasteiger partial charge in [-0.3, -0.25) is 4.79 Å². The first kappa shape index (κ1) is 22.3. The number of ether oxygens (including phenoxy) is 5. The van der Waals surface area contributed by atoms with Gasteiger partial charge in [0.1, 0.15) is 18.3 Å². The van der Waals surface area contributed by atoms with Crippen molar-refractivity contribution in [2.75, 3.05) is 5.32 Å². The van der Waals surface area contributed by atoms with Crippen molar-refractivity contribution in [3.63, 3.8) is 0 Å². The molecular weight excluding hydrogens is 446 g/mol. The molecule has 1 N–H and O–H groups in total. The van der Waals surface area contributed by atoms with Gasteiger partial charge in [-0.05, 0) is 50.3 Å². The zero-order valence-corrected chi connectivity index (χ0v) is 19.8. The van der Waals surface area contributed by atoms with Gasteiger partial charge in [-0.1, -0.05) is 30.5 Å². The highest BCUT2D eigenvalue weighted by molar-refractivity contribution is 6.31. The first-order chi connectivity index (χ1) is 16.0. The van der Waals surface area contributed by atoms with Crippen LogP contribution in [0.2, 0.25) is 5.02 Å². The van der Waals surface area contributed by atoms with Crippen molar-refractivity contribution in [3.05, 3.63) is 28.8 Å². The number of nitrogens with one attached hydrogen (secondary N) is 1. The topological polar surface area (TPSA) is 75.3 Å². The van der Waals surface area contributed by atoms with E-state index in [0.717, 1.165) is 56.9 Å². The highest BCUT2D eigenvalue weighted by atomic mass is 35.5. The number of carbonyl (C=O) groups excluding carboxylic acids is 1. The van der Waals surface area contributed by atoms with Gasteiger partial charge in [-0.2, -0.15) is 0 Å². The van der Waals surface area contributed by atoms with Gasteiger partial charge in [0.15, 0.2) is 24.0 Å². The third kappa shape index (κ3) is 4.01. The molecule has 1 aromatic rings. The number of fused-ring (bicyclic) bond motifs is 3. The highest BCUT2D eigenvalue weighted by Crippen LogP contribution is 2.51. The van der Waals surface area contributed by atoms with E-state index in [1.54, 1.807) is 6.07 Å². The highest BCUT2D eigenvalue weighted by Gasteiger charge is 2.65. The van der Waals surface area contributed by atoms with E-state index in [0.29, 0.717) is 10.7 Å². The Kier molecular flexibility index (Phi) is 5.71. The minimum Gasteiger partial charge on any atom is -0.341 e. The standard InChI is InChI=1S/C25H32ClNO6/c1-15-8-9-16(14-17(15)26)27-22(28)20-18-19(31-24(30-18)10-4-2-5-11-24)21-23(29-20)33-25(32-21)12-6-3-7-13-25/h8-9,14,18-21,23H,2-7,10-13H2,1H3,(H,27,28)/t18-,19+,20-,21-,23-/m1/s1. The van der Waals surface area contributed by atoms with E-state index in [1.807, 2.05) is 19.1 Å². The Balaban J connectivity index is 1.27. The van der Waals surface area contributed by atoms with Crippen LogP contribution in [0.25, 0.3) is 0 Å². The van der Waals surface area contributed by atoms with Crippen molar-refractivity contribution >= 4 is 23.2 Å². The van der Waals surface area contributed by atoms with Crippen LogP contribution in [0.15, 0.2) is 18.2 Å². The summed E-state index contributed by atoms with van der Waals surface area (Å²) in [6.07, 6.45) is 7.05. The maximum absolute atomic E-state index is 13.4. The molecule has 3 aliphatic heterocycles. The number of halogens is 1. The van der Waals surface area contributed by atoms with Gasteiger partial charge in [-0.15, -0.1) is 0 Å². The lowest BCUT2D eigenvalue weighted by Crippen LogP contribution is -2.58. The van der Waals surface area contributed by atoms with E-state index >= 15 is 0 Å². The van der Waals surface area contributed by atoms with Gasteiger partial charge in [-0.25, -0.2) is 0 Å². The predicted molar refractivity (Wildman–Crippen MR) is 121 cm³/mol. The maximum Gasteiger partial charge on any atom is 0.256 e. The molecule has 3 saturated heterocycles. The summed E-state index contributed by atoms with van der Waals surface area (Å²) in [7, 11) is 0. The molecular formula is C25H32ClNO6. The summed E-state index contributed by atoms with van der Waals surface area (Å²) in [4.78, 5) is 13.4. The van der Waals surface area contributed by atoms with Crippen LogP contribution in [0.3, 0.4) is 0 Å². The third-order valence-electron chi connectivity index (χ3n) is 7.81. The Morgan fingerprint density at radius 2 is 1.48 bits per heavy atom. The van der Waals surface area contributed by atoms with Gasteiger partial charge >= 0.3 is 0 Å². The fourth-order valence-electron chi connectivity index (χ4n) is 6.05. The number of hydrogen-bond acceptors (Lipinski definition) is 6. The maximum atomic E-state index is 13.4. The summed E-state index contributed by atoms with van der Waals surface area (Å²) in [5.74, 6) is -1.59. The Labute approximate surface area is 199 Å². The summed E-state index contributed by atoms with van der Waals surface area (Å²) in [5, 5.41) is 3.55. The van der Waals surface area contributed by atoms with Crippen LogP contribution in [0.1, 0.15) is 69.8 Å². The lowest BCUT2D eigenvalue weighted by atomic mass is 9.94. The zero-order chi connectivity index (χ0) is 22.6. The molecule has 5 aliphatic rings. The molecule has 5 fully saturated rings. The van der Waals surface area contributed by atoms with Crippen LogP contribution in [0.4, 0.5) is 5.69 Å². The van der Waals surface area contributed by atoms with Crippen molar-refractivity contribution in [1.29, 1.82) is 0 Å². The van der Waals surface area contributed by atoms with Crippen molar-refractivity contribution in [1.82, 2.24) is 0 Å². The van der Waals surface area contributed by atoms with E-state index in [1.165, 1.54) is 12.8 Å². The van der Waals surface area contributed by atoms with Crippen LogP contribution in [-0.4, -0.2) is 48.2 Å². The molecule has 2 spiro atoms. The lowest BCUT2D eigenvalue weighted by Gasteiger charge is -2.36. The van der Waals surface area contributed by atoms with Crippen molar-refractivity contribution in [2.24, 2.45) is 0 Å². The Bertz CT molecular complexity index is 912. The number of benzene rings is 1. The van der Waals surface area contributed by atoms with Gasteiger partial charge in [0.2, 0.25) is 0 Å². The van der Waals surface area contributed by atoms with Crippen molar-refractivity contribution < 1.29 is 28.5 Å². The molecule has 2 saturated carbocycles. The molecule has 0 aromatic heterocycles. The monoisotopic (exact) mass is 477 g/mol. The zero-order valence-electron chi connectivity index (χ0n) is 19.0. The molecule has 1 aromatic carbocycles. The van der Waals surface area contributed by atoms with Gasteiger partial charge < -0.3 is 29.0 Å².